The van der Waals surface area contributed by atoms with Gasteiger partial charge in [0, 0.05) is 9.75 Å². The van der Waals surface area contributed by atoms with Crippen molar-refractivity contribution in [3.8, 4) is 9.75 Å². The molecule has 0 saturated carbocycles. The fourth-order valence-corrected chi connectivity index (χ4v) is 17.7. The van der Waals surface area contributed by atoms with Gasteiger partial charge in [-0.15, -0.1) is 22.7 Å². The third-order valence-corrected chi connectivity index (χ3v) is 21.5. The van der Waals surface area contributed by atoms with Gasteiger partial charge in [0.05, 0.1) is 16.1 Å². The van der Waals surface area contributed by atoms with Gasteiger partial charge in [0.1, 0.15) is 0 Å². The van der Waals surface area contributed by atoms with Gasteiger partial charge in [-0.05, 0) is 35.3 Å². The molecule has 168 valence electrons. The molecule has 0 nitrogen and oxygen atoms in total. The highest BCUT2D eigenvalue weighted by Gasteiger charge is 2.52. The minimum Gasteiger partial charge on any atom is -0.144 e. The van der Waals surface area contributed by atoms with Crippen LogP contribution in [0.2, 0.25) is 39.3 Å². The van der Waals surface area contributed by atoms with E-state index < -0.39 is 24.2 Å². The van der Waals surface area contributed by atoms with Gasteiger partial charge >= 0.3 is 0 Å². The van der Waals surface area contributed by atoms with E-state index in [4.69, 9.17) is 0 Å². The van der Waals surface area contributed by atoms with Gasteiger partial charge in [0.25, 0.3) is 0 Å². The molecule has 0 bridgehead atoms. The van der Waals surface area contributed by atoms with Crippen molar-refractivity contribution in [2.45, 2.75) is 39.3 Å². The van der Waals surface area contributed by atoms with E-state index in [-0.39, 0.29) is 0 Å². The summed E-state index contributed by atoms with van der Waals surface area (Å²) >= 11 is 4.20. The van der Waals surface area contributed by atoms with Crippen molar-refractivity contribution < 1.29 is 0 Å². The summed E-state index contributed by atoms with van der Waals surface area (Å²) in [6.07, 6.45) is 1.95. The van der Waals surface area contributed by atoms with E-state index in [1.165, 1.54) is 15.9 Å². The Morgan fingerprint density at radius 2 is 1.12 bits per heavy atom. The largest absolute Gasteiger partial charge is 0.182 e. The Morgan fingerprint density at radius 3 is 1.55 bits per heavy atom. The summed E-state index contributed by atoms with van der Waals surface area (Å²) < 4.78 is 3.27. The van der Waals surface area contributed by atoms with E-state index >= 15 is 0 Å². The fraction of sp³-hybridized carbons (Fsp3) is 0.214. The molecule has 0 unspecified atom stereocenters. The minimum absolute atomic E-state index is 1.19. The molecule has 0 saturated heterocycles. The number of hydrogen-bond acceptors (Lipinski definition) is 2. The summed E-state index contributed by atoms with van der Waals surface area (Å²) in [7, 11) is -5.18. The summed E-state index contributed by atoms with van der Waals surface area (Å²) in [5.41, 5.74) is 1.19. The van der Waals surface area contributed by atoms with Crippen LogP contribution in [0.1, 0.15) is 5.56 Å². The first-order chi connectivity index (χ1) is 15.6. The number of thiophene rings is 2. The van der Waals surface area contributed by atoms with Crippen molar-refractivity contribution in [3.05, 3.63) is 78.9 Å². The quantitative estimate of drug-likeness (QED) is 0.292. The van der Waals surface area contributed by atoms with E-state index in [2.05, 4.69) is 135 Å². The Morgan fingerprint density at radius 1 is 0.667 bits per heavy atom. The van der Waals surface area contributed by atoms with Crippen LogP contribution in [0.5, 0.6) is 0 Å². The Kier molecular flexibility index (Phi) is 5.50. The Hall–Kier alpha value is -1.77. The molecular formula is C28H32S2Si3. The van der Waals surface area contributed by atoms with E-state index in [1.807, 2.05) is 6.08 Å². The molecule has 33 heavy (non-hydrogen) atoms. The lowest BCUT2D eigenvalue weighted by molar-refractivity contribution is 1.68. The predicted octanol–water partition coefficient (Wildman–Crippen LogP) is 4.90. The predicted molar refractivity (Wildman–Crippen MR) is 161 cm³/mol. The summed E-state index contributed by atoms with van der Waals surface area (Å²) in [6, 6.07) is 26.0. The molecule has 0 N–H and O–H groups in total. The van der Waals surface area contributed by atoms with Gasteiger partial charge in [-0.1, -0.05) is 119 Å². The third kappa shape index (κ3) is 3.56. The molecule has 0 amide bonds. The molecular weight excluding hydrogens is 485 g/mol. The number of benzene rings is 2. The molecule has 0 atom stereocenters. The van der Waals surface area contributed by atoms with E-state index in [0.717, 1.165) is 0 Å². The topological polar surface area (TPSA) is 0 Å². The van der Waals surface area contributed by atoms with Crippen LogP contribution in [0.3, 0.4) is 0 Å². The second-order valence-corrected chi connectivity index (χ2v) is 27.8. The van der Waals surface area contributed by atoms with Crippen molar-refractivity contribution in [1.82, 2.24) is 0 Å². The summed E-state index contributed by atoms with van der Waals surface area (Å²) in [5.74, 6) is 0. The van der Waals surface area contributed by atoms with Crippen LogP contribution in [0.25, 0.3) is 15.8 Å². The molecule has 1 aliphatic heterocycles. The zero-order valence-electron chi connectivity index (χ0n) is 20.5. The van der Waals surface area contributed by atoms with Gasteiger partial charge in [0.15, 0.2) is 8.07 Å². The maximum atomic E-state index is 3.99. The zero-order chi connectivity index (χ0) is 23.6. The Bertz CT molecular complexity index is 1270. The molecule has 5 heteroatoms. The van der Waals surface area contributed by atoms with Crippen LogP contribution in [-0.4, -0.2) is 24.2 Å². The van der Waals surface area contributed by atoms with Crippen molar-refractivity contribution in [2.75, 3.05) is 0 Å². The highest BCUT2D eigenvalue weighted by molar-refractivity contribution is 7.40. The molecule has 0 fully saturated rings. The zero-order valence-corrected chi connectivity index (χ0v) is 25.1. The smallest absolute Gasteiger partial charge is 0.144 e. The normalized spacial score (nSPS) is 14.7. The van der Waals surface area contributed by atoms with Gasteiger partial charge in [-0.25, -0.2) is 0 Å². The van der Waals surface area contributed by atoms with Crippen LogP contribution >= 0.6 is 22.7 Å². The Labute approximate surface area is 209 Å². The molecule has 5 rings (SSSR count). The third-order valence-electron chi connectivity index (χ3n) is 6.74. The molecule has 1 aliphatic rings. The second-order valence-electron chi connectivity index (χ2n) is 11.1. The standard InChI is InChI=1S/C28H32S2Si3/c1-8-20-14-16-22(17-15-20)33(21-12-10-9-11-13-21)23-18-25(31(2,3)4)29-27(23)28-24(33)19-26(30-28)32(5,6)7/h8-19H,1H2,2-7H3. The molecule has 3 heterocycles. The van der Waals surface area contributed by atoms with Crippen LogP contribution in [0, 0.1) is 0 Å². The number of rotatable bonds is 5. The first-order valence-electron chi connectivity index (χ1n) is 11.7. The summed E-state index contributed by atoms with van der Waals surface area (Å²) in [5, 5.41) is 6.27. The minimum atomic E-state index is -2.35. The average molecular weight is 517 g/mol. The summed E-state index contributed by atoms with van der Waals surface area (Å²) in [6.45, 7) is 18.9. The summed E-state index contributed by atoms with van der Waals surface area (Å²) in [4.78, 5) is 3.14. The van der Waals surface area contributed by atoms with Crippen LogP contribution < -0.4 is 29.7 Å². The van der Waals surface area contributed by atoms with E-state index in [9.17, 15) is 0 Å². The van der Waals surface area contributed by atoms with Crippen molar-refractivity contribution in [1.29, 1.82) is 0 Å². The van der Waals surface area contributed by atoms with E-state index in [0.29, 0.717) is 0 Å². The van der Waals surface area contributed by atoms with Crippen molar-refractivity contribution in [2.24, 2.45) is 0 Å². The first-order valence-corrected chi connectivity index (χ1v) is 22.3. The second kappa shape index (κ2) is 7.89. The van der Waals surface area contributed by atoms with Crippen LogP contribution in [0.4, 0.5) is 0 Å². The first kappa shape index (κ1) is 23.0. The fourth-order valence-electron chi connectivity index (χ4n) is 4.91. The monoisotopic (exact) mass is 516 g/mol. The molecule has 0 spiro atoms. The molecule has 2 aromatic heterocycles. The lowest BCUT2D eigenvalue weighted by atomic mass is 10.2. The van der Waals surface area contributed by atoms with Crippen molar-refractivity contribution >= 4 is 82.7 Å². The van der Waals surface area contributed by atoms with Crippen LogP contribution in [0.15, 0.2) is 73.3 Å². The number of hydrogen-bond donors (Lipinski definition) is 0. The lowest BCUT2D eigenvalue weighted by Gasteiger charge is -2.30. The van der Waals surface area contributed by atoms with Gasteiger partial charge < -0.3 is 0 Å². The van der Waals surface area contributed by atoms with Crippen LogP contribution in [-0.2, 0) is 0 Å². The highest BCUT2D eigenvalue weighted by Crippen LogP contribution is 2.36. The molecule has 4 aromatic rings. The maximum absolute atomic E-state index is 3.99. The maximum Gasteiger partial charge on any atom is 0.182 e. The average Bonchev–Trinajstić information content (AvgIpc) is 3.45. The molecule has 2 aromatic carbocycles. The van der Waals surface area contributed by atoms with Gasteiger partial charge in [0.2, 0.25) is 0 Å². The van der Waals surface area contributed by atoms with Gasteiger partial charge in [-0.3, -0.25) is 0 Å². The SMILES string of the molecule is C=Cc1ccc([Si]2(c3ccccc3)c3cc([Si](C)(C)C)sc3-c3sc([Si](C)(C)C)cc32)cc1. The number of fused-ring (bicyclic) bond motifs is 3. The highest BCUT2D eigenvalue weighted by atomic mass is 32.1. The molecule has 0 aliphatic carbocycles. The van der Waals surface area contributed by atoms with Crippen molar-refractivity contribution in [3.63, 3.8) is 0 Å². The Balaban J connectivity index is 1.92. The van der Waals surface area contributed by atoms with Gasteiger partial charge in [-0.2, -0.15) is 0 Å². The van der Waals surface area contributed by atoms with E-state index in [1.54, 1.807) is 29.1 Å². The lowest BCUT2D eigenvalue weighted by Crippen LogP contribution is -2.73. The molecule has 0 radical (unpaired) electrons.